The van der Waals surface area contributed by atoms with Crippen molar-refractivity contribution in [3.63, 3.8) is 0 Å². The second-order valence-electron chi connectivity index (χ2n) is 9.36. The molecule has 1 unspecified atom stereocenters. The Kier molecular flexibility index (Phi) is 8.79. The van der Waals surface area contributed by atoms with Crippen LogP contribution in [0.2, 0.25) is 5.02 Å². The first kappa shape index (κ1) is 26.9. The van der Waals surface area contributed by atoms with Gasteiger partial charge >= 0.3 is 6.03 Å². The standard InChI is InChI=1S/C31H31ClN4O2/c1-21-8-4-6-10-27(21)29(35-31(38)34-26-18-14-24(32)15-19-26)30(37)33-25-16-12-22(13-17-25)28-11-7-5-9-23(28)20-36(2)3/h4-19,29H,20H2,1-3H3,(H,33,37)(H2,34,35,38). The molecule has 0 fully saturated rings. The molecule has 0 aromatic heterocycles. The number of nitrogens with one attached hydrogen (secondary N) is 3. The number of carbonyl (C=O) groups excluding carboxylic acids is 2. The molecule has 0 saturated carbocycles. The molecule has 4 aromatic rings. The average Bonchev–Trinajstić information content (AvgIpc) is 2.90. The maximum atomic E-state index is 13.5. The van der Waals surface area contributed by atoms with Crippen LogP contribution in [0.1, 0.15) is 22.7 Å². The second kappa shape index (κ2) is 12.4. The first-order valence-corrected chi connectivity index (χ1v) is 12.7. The van der Waals surface area contributed by atoms with Crippen molar-refractivity contribution in [1.29, 1.82) is 0 Å². The largest absolute Gasteiger partial charge is 0.324 e. The van der Waals surface area contributed by atoms with E-state index in [1.54, 1.807) is 24.3 Å². The monoisotopic (exact) mass is 526 g/mol. The molecule has 0 bridgehead atoms. The van der Waals surface area contributed by atoms with E-state index in [1.165, 1.54) is 5.56 Å². The van der Waals surface area contributed by atoms with Crippen molar-refractivity contribution < 1.29 is 9.59 Å². The number of aryl methyl sites for hydroxylation is 1. The van der Waals surface area contributed by atoms with Crippen molar-refractivity contribution in [3.8, 4) is 11.1 Å². The minimum absolute atomic E-state index is 0.341. The topological polar surface area (TPSA) is 73.5 Å². The highest BCUT2D eigenvalue weighted by atomic mass is 35.5. The van der Waals surface area contributed by atoms with Crippen molar-refractivity contribution in [2.24, 2.45) is 0 Å². The summed E-state index contributed by atoms with van der Waals surface area (Å²) in [5.41, 5.74) is 6.26. The van der Waals surface area contributed by atoms with Crippen LogP contribution >= 0.6 is 11.6 Å². The lowest BCUT2D eigenvalue weighted by molar-refractivity contribution is -0.118. The first-order valence-electron chi connectivity index (χ1n) is 12.3. The highest BCUT2D eigenvalue weighted by molar-refractivity contribution is 6.30. The minimum atomic E-state index is -0.899. The molecule has 0 heterocycles. The fourth-order valence-electron chi connectivity index (χ4n) is 4.25. The number of nitrogens with zero attached hydrogens (tertiary/aromatic N) is 1. The molecule has 194 valence electrons. The summed E-state index contributed by atoms with van der Waals surface area (Å²) in [6.07, 6.45) is 0. The summed E-state index contributed by atoms with van der Waals surface area (Å²) in [4.78, 5) is 28.4. The lowest BCUT2D eigenvalue weighted by Gasteiger charge is -2.21. The van der Waals surface area contributed by atoms with Crippen LogP contribution < -0.4 is 16.0 Å². The Bertz CT molecular complexity index is 1400. The van der Waals surface area contributed by atoms with Crippen LogP contribution in [0.15, 0.2) is 97.1 Å². The number of carbonyl (C=O) groups is 2. The molecule has 3 amide bonds. The third-order valence-electron chi connectivity index (χ3n) is 6.11. The van der Waals surface area contributed by atoms with Gasteiger partial charge in [0.25, 0.3) is 5.91 Å². The molecule has 0 saturated heterocycles. The molecular weight excluding hydrogens is 496 g/mol. The highest BCUT2D eigenvalue weighted by Crippen LogP contribution is 2.27. The van der Waals surface area contributed by atoms with Gasteiger partial charge in [0.05, 0.1) is 0 Å². The molecule has 4 rings (SSSR count). The lowest BCUT2D eigenvalue weighted by Crippen LogP contribution is -2.39. The third kappa shape index (κ3) is 7.00. The quantitative estimate of drug-likeness (QED) is 0.234. The zero-order valence-corrected chi connectivity index (χ0v) is 22.4. The van der Waals surface area contributed by atoms with Crippen molar-refractivity contribution >= 4 is 34.9 Å². The minimum Gasteiger partial charge on any atom is -0.324 e. The number of hydrogen-bond donors (Lipinski definition) is 3. The molecule has 0 aliphatic rings. The highest BCUT2D eigenvalue weighted by Gasteiger charge is 2.24. The van der Waals surface area contributed by atoms with Crippen LogP contribution in [0.5, 0.6) is 0 Å². The molecule has 6 nitrogen and oxygen atoms in total. The fourth-order valence-corrected chi connectivity index (χ4v) is 4.38. The summed E-state index contributed by atoms with van der Waals surface area (Å²) in [6, 6.07) is 28.9. The number of benzene rings is 4. The number of amides is 3. The number of hydrogen-bond acceptors (Lipinski definition) is 3. The number of rotatable bonds is 8. The molecule has 0 aliphatic heterocycles. The number of anilines is 2. The lowest BCUT2D eigenvalue weighted by atomic mass is 9.99. The van der Waals surface area contributed by atoms with Crippen LogP contribution in [-0.2, 0) is 11.3 Å². The maximum absolute atomic E-state index is 13.5. The van der Waals surface area contributed by atoms with E-state index >= 15 is 0 Å². The van der Waals surface area contributed by atoms with E-state index in [0.717, 1.165) is 23.2 Å². The number of halogens is 1. The third-order valence-corrected chi connectivity index (χ3v) is 6.36. The normalized spacial score (nSPS) is 11.6. The van der Waals surface area contributed by atoms with E-state index in [4.69, 9.17) is 11.6 Å². The van der Waals surface area contributed by atoms with Crippen LogP contribution in [0.4, 0.5) is 16.2 Å². The molecule has 1 atom stereocenters. The van der Waals surface area contributed by atoms with Crippen LogP contribution in [-0.4, -0.2) is 30.9 Å². The van der Waals surface area contributed by atoms with Gasteiger partial charge in [-0.2, -0.15) is 0 Å². The molecule has 38 heavy (non-hydrogen) atoms. The van der Waals surface area contributed by atoms with Crippen LogP contribution in [0.3, 0.4) is 0 Å². The van der Waals surface area contributed by atoms with E-state index in [2.05, 4.69) is 33.0 Å². The summed E-state index contributed by atoms with van der Waals surface area (Å²) in [5.74, 6) is -0.341. The van der Waals surface area contributed by atoms with Crippen molar-refractivity contribution in [1.82, 2.24) is 10.2 Å². The summed E-state index contributed by atoms with van der Waals surface area (Å²) >= 11 is 5.94. The van der Waals surface area contributed by atoms with Gasteiger partial charge in [-0.15, -0.1) is 0 Å². The predicted molar refractivity (Wildman–Crippen MR) is 155 cm³/mol. The molecule has 0 aliphatic carbocycles. The van der Waals surface area contributed by atoms with Gasteiger partial charge in [-0.3, -0.25) is 4.79 Å². The van der Waals surface area contributed by atoms with Crippen molar-refractivity contribution in [3.05, 3.63) is 119 Å². The Morgan fingerprint density at radius 2 is 1.39 bits per heavy atom. The van der Waals surface area contributed by atoms with E-state index < -0.39 is 12.1 Å². The Morgan fingerprint density at radius 3 is 2.08 bits per heavy atom. The van der Waals surface area contributed by atoms with Gasteiger partial charge in [0, 0.05) is 22.9 Å². The fraction of sp³-hybridized carbons (Fsp3) is 0.161. The van der Waals surface area contributed by atoms with E-state index in [1.807, 2.05) is 81.7 Å². The smallest absolute Gasteiger partial charge is 0.320 e. The SMILES string of the molecule is Cc1ccccc1C(NC(=O)Nc1ccc(Cl)cc1)C(=O)Nc1ccc(-c2ccccc2CN(C)C)cc1. The summed E-state index contributed by atoms with van der Waals surface area (Å²) < 4.78 is 0. The van der Waals surface area contributed by atoms with E-state index in [-0.39, 0.29) is 5.91 Å². The Morgan fingerprint density at radius 1 is 0.789 bits per heavy atom. The molecule has 4 aromatic carbocycles. The Balaban J connectivity index is 1.52. The van der Waals surface area contributed by atoms with Crippen LogP contribution in [0, 0.1) is 6.92 Å². The Hall–Kier alpha value is -4.13. The molecule has 7 heteroatoms. The Labute approximate surface area is 228 Å². The molecular formula is C31H31ClN4O2. The van der Waals surface area contributed by atoms with Gasteiger partial charge in [-0.05, 0) is 85.2 Å². The van der Waals surface area contributed by atoms with Crippen molar-refractivity contribution in [2.45, 2.75) is 19.5 Å². The molecule has 0 radical (unpaired) electrons. The maximum Gasteiger partial charge on any atom is 0.320 e. The number of urea groups is 1. The second-order valence-corrected chi connectivity index (χ2v) is 9.79. The van der Waals surface area contributed by atoms with Gasteiger partial charge < -0.3 is 20.9 Å². The van der Waals surface area contributed by atoms with Crippen molar-refractivity contribution in [2.75, 3.05) is 24.7 Å². The summed E-state index contributed by atoms with van der Waals surface area (Å²) in [7, 11) is 4.09. The van der Waals surface area contributed by atoms with Gasteiger partial charge in [0.2, 0.25) is 0 Å². The zero-order valence-electron chi connectivity index (χ0n) is 21.7. The zero-order chi connectivity index (χ0) is 27.1. The van der Waals surface area contributed by atoms with E-state index in [9.17, 15) is 9.59 Å². The van der Waals surface area contributed by atoms with Gasteiger partial charge in [-0.1, -0.05) is 72.3 Å². The molecule has 3 N–H and O–H groups in total. The van der Waals surface area contributed by atoms with Gasteiger partial charge in [0.15, 0.2) is 0 Å². The molecule has 0 spiro atoms. The summed E-state index contributed by atoms with van der Waals surface area (Å²) in [5, 5.41) is 9.11. The average molecular weight is 527 g/mol. The summed E-state index contributed by atoms with van der Waals surface area (Å²) in [6.45, 7) is 2.74. The van der Waals surface area contributed by atoms with Gasteiger partial charge in [-0.25, -0.2) is 4.79 Å². The van der Waals surface area contributed by atoms with Gasteiger partial charge in [0.1, 0.15) is 6.04 Å². The first-order chi connectivity index (χ1) is 18.3. The van der Waals surface area contributed by atoms with Crippen LogP contribution in [0.25, 0.3) is 11.1 Å². The predicted octanol–water partition coefficient (Wildman–Crippen LogP) is 6.88. The van der Waals surface area contributed by atoms with E-state index in [0.29, 0.717) is 22.0 Å².